The average Bonchev–Trinajstić information content (AvgIpc) is 3.10. The number of nitrogens with one attached hydrogen (secondary N) is 2. The fourth-order valence-electron chi connectivity index (χ4n) is 3.08. The van der Waals surface area contributed by atoms with E-state index in [0.29, 0.717) is 28.0 Å². The van der Waals surface area contributed by atoms with E-state index < -0.39 is 17.9 Å². The van der Waals surface area contributed by atoms with Crippen LogP contribution in [0.2, 0.25) is 5.02 Å². The minimum absolute atomic E-state index is 0. The van der Waals surface area contributed by atoms with Crippen LogP contribution in [0.15, 0.2) is 60.8 Å². The molecule has 0 spiro atoms. The third kappa shape index (κ3) is 5.44. The second-order valence-corrected chi connectivity index (χ2v) is 7.73. The first-order valence-electron chi connectivity index (χ1n) is 9.97. The van der Waals surface area contributed by atoms with Gasteiger partial charge < -0.3 is 25.0 Å². The van der Waals surface area contributed by atoms with Crippen molar-refractivity contribution in [1.29, 1.82) is 0 Å². The SMILES string of the molecule is C.C[C@H](NC(=O)c1cc(Oc2ccc3c(c2)nc(Nc2ccc(Cl)cc2)n3C)ccn1)C(=O)O. The largest absolute Gasteiger partial charge is 0.480 e. The van der Waals surface area contributed by atoms with Gasteiger partial charge in [-0.2, -0.15) is 0 Å². The van der Waals surface area contributed by atoms with Crippen LogP contribution in [0.3, 0.4) is 0 Å². The minimum Gasteiger partial charge on any atom is -0.480 e. The molecule has 1 amide bonds. The van der Waals surface area contributed by atoms with E-state index in [1.165, 1.54) is 19.2 Å². The van der Waals surface area contributed by atoms with E-state index in [1.54, 1.807) is 30.3 Å². The second-order valence-electron chi connectivity index (χ2n) is 7.29. The summed E-state index contributed by atoms with van der Waals surface area (Å²) in [4.78, 5) is 31.8. The van der Waals surface area contributed by atoms with Crippen molar-refractivity contribution in [2.45, 2.75) is 20.4 Å². The van der Waals surface area contributed by atoms with E-state index in [4.69, 9.17) is 21.4 Å². The van der Waals surface area contributed by atoms with Crippen LogP contribution < -0.4 is 15.4 Å². The molecular weight excluding hydrogens is 458 g/mol. The highest BCUT2D eigenvalue weighted by Crippen LogP contribution is 2.28. The molecule has 0 saturated heterocycles. The number of carboxylic acid groups (broad SMARTS) is 1. The number of hydrogen-bond acceptors (Lipinski definition) is 6. The van der Waals surface area contributed by atoms with Crippen LogP contribution in [0.4, 0.5) is 11.6 Å². The number of imidazole rings is 1. The predicted octanol–water partition coefficient (Wildman–Crippen LogP) is 5.00. The standard InChI is InChI=1S/C23H20ClN5O4.CH4/c1-13(22(31)32)26-21(30)19-12-17(9-10-25-19)33-16-7-8-20-18(11-16)28-23(29(20)2)27-15-5-3-14(24)4-6-15;/h3-13H,1-2H3,(H,26,30)(H,27,28)(H,31,32);1H4/t13-;/m0./s1. The Kier molecular flexibility index (Phi) is 7.37. The number of amides is 1. The molecule has 3 N–H and O–H groups in total. The van der Waals surface area contributed by atoms with Gasteiger partial charge in [0, 0.05) is 36.1 Å². The van der Waals surface area contributed by atoms with Gasteiger partial charge in [-0.1, -0.05) is 19.0 Å². The Morgan fingerprint density at radius 2 is 1.79 bits per heavy atom. The lowest BCUT2D eigenvalue weighted by molar-refractivity contribution is -0.138. The van der Waals surface area contributed by atoms with Gasteiger partial charge in [0.05, 0.1) is 11.0 Å². The Hall–Kier alpha value is -4.11. The molecule has 10 heteroatoms. The van der Waals surface area contributed by atoms with Gasteiger partial charge in [-0.15, -0.1) is 0 Å². The number of carbonyl (C=O) groups is 2. The fraction of sp³-hybridized carbons (Fsp3) is 0.167. The van der Waals surface area contributed by atoms with E-state index in [0.717, 1.165) is 11.2 Å². The van der Waals surface area contributed by atoms with Crippen LogP contribution in [0.1, 0.15) is 24.8 Å². The molecule has 0 radical (unpaired) electrons. The maximum Gasteiger partial charge on any atom is 0.325 e. The summed E-state index contributed by atoms with van der Waals surface area (Å²) in [6.45, 7) is 1.37. The average molecular weight is 482 g/mol. The number of aryl methyl sites for hydroxylation is 1. The zero-order chi connectivity index (χ0) is 23.5. The molecule has 4 aromatic rings. The maximum atomic E-state index is 12.2. The summed E-state index contributed by atoms with van der Waals surface area (Å²) < 4.78 is 7.81. The molecule has 0 unspecified atom stereocenters. The highest BCUT2D eigenvalue weighted by Gasteiger charge is 2.17. The summed E-state index contributed by atoms with van der Waals surface area (Å²) >= 11 is 5.94. The van der Waals surface area contributed by atoms with Gasteiger partial charge in [-0.05, 0) is 49.4 Å². The summed E-state index contributed by atoms with van der Waals surface area (Å²) in [5.74, 6) is -0.180. The smallest absolute Gasteiger partial charge is 0.325 e. The summed E-state index contributed by atoms with van der Waals surface area (Å²) in [7, 11) is 1.90. The molecule has 0 bridgehead atoms. The van der Waals surface area contributed by atoms with Gasteiger partial charge in [0.2, 0.25) is 5.95 Å². The van der Waals surface area contributed by atoms with E-state index in [1.807, 2.05) is 29.8 Å². The van der Waals surface area contributed by atoms with Gasteiger partial charge in [0.25, 0.3) is 5.91 Å². The molecule has 4 rings (SSSR count). The van der Waals surface area contributed by atoms with Gasteiger partial charge in [-0.3, -0.25) is 14.6 Å². The van der Waals surface area contributed by atoms with Gasteiger partial charge in [-0.25, -0.2) is 4.98 Å². The Bertz CT molecular complexity index is 1340. The zero-order valence-electron chi connectivity index (χ0n) is 17.7. The molecule has 2 aromatic carbocycles. The van der Waals surface area contributed by atoms with E-state index >= 15 is 0 Å². The lowest BCUT2D eigenvalue weighted by atomic mass is 10.2. The first-order valence-corrected chi connectivity index (χ1v) is 10.3. The molecule has 34 heavy (non-hydrogen) atoms. The van der Waals surface area contributed by atoms with Crippen molar-refractivity contribution in [2.75, 3.05) is 5.32 Å². The van der Waals surface area contributed by atoms with Crippen molar-refractivity contribution in [3.05, 3.63) is 71.5 Å². The van der Waals surface area contributed by atoms with Crippen LogP contribution in [0.25, 0.3) is 11.0 Å². The molecule has 176 valence electrons. The summed E-state index contributed by atoms with van der Waals surface area (Å²) in [5, 5.41) is 15.2. The quantitative estimate of drug-likeness (QED) is 0.340. The van der Waals surface area contributed by atoms with E-state index in [2.05, 4.69) is 20.6 Å². The van der Waals surface area contributed by atoms with Crippen LogP contribution in [0.5, 0.6) is 11.5 Å². The fourth-order valence-corrected chi connectivity index (χ4v) is 3.21. The Morgan fingerprint density at radius 1 is 1.09 bits per heavy atom. The number of fused-ring (bicyclic) bond motifs is 1. The van der Waals surface area contributed by atoms with Crippen LogP contribution in [-0.2, 0) is 11.8 Å². The van der Waals surface area contributed by atoms with Gasteiger partial charge in [0.1, 0.15) is 23.2 Å². The number of hydrogen-bond donors (Lipinski definition) is 3. The van der Waals surface area contributed by atoms with Crippen molar-refractivity contribution in [1.82, 2.24) is 19.9 Å². The molecule has 2 heterocycles. The molecule has 1 atom stereocenters. The van der Waals surface area contributed by atoms with Crippen molar-refractivity contribution in [2.24, 2.45) is 7.05 Å². The number of halogens is 1. The monoisotopic (exact) mass is 481 g/mol. The van der Waals surface area contributed by atoms with Crippen molar-refractivity contribution in [3.63, 3.8) is 0 Å². The normalized spacial score (nSPS) is 11.4. The Balaban J connectivity index is 0.00000324. The third-order valence-corrected chi connectivity index (χ3v) is 5.12. The van der Waals surface area contributed by atoms with Crippen LogP contribution >= 0.6 is 11.6 Å². The number of pyridine rings is 1. The molecular formula is C24H24ClN5O4. The van der Waals surface area contributed by atoms with Crippen LogP contribution in [0, 0.1) is 0 Å². The Labute approximate surface area is 201 Å². The highest BCUT2D eigenvalue weighted by atomic mass is 35.5. The molecule has 9 nitrogen and oxygen atoms in total. The van der Waals surface area contributed by atoms with Crippen molar-refractivity contribution >= 4 is 46.1 Å². The lowest BCUT2D eigenvalue weighted by Gasteiger charge is -2.10. The predicted molar refractivity (Wildman–Crippen MR) is 131 cm³/mol. The summed E-state index contributed by atoms with van der Waals surface area (Å²) in [5.41, 5.74) is 2.52. The topological polar surface area (TPSA) is 118 Å². The number of rotatable bonds is 7. The summed E-state index contributed by atoms with van der Waals surface area (Å²) in [6.07, 6.45) is 1.42. The number of benzene rings is 2. The van der Waals surface area contributed by atoms with E-state index in [-0.39, 0.29) is 13.1 Å². The number of nitrogens with zero attached hydrogens (tertiary/aromatic N) is 3. The second kappa shape index (κ2) is 10.2. The molecule has 0 fully saturated rings. The number of aromatic nitrogens is 3. The third-order valence-electron chi connectivity index (χ3n) is 4.87. The molecule has 0 aliphatic carbocycles. The number of aliphatic carboxylic acids is 1. The number of ether oxygens (including phenoxy) is 1. The molecule has 2 aromatic heterocycles. The number of anilines is 2. The molecule has 0 aliphatic heterocycles. The highest BCUT2D eigenvalue weighted by molar-refractivity contribution is 6.30. The van der Waals surface area contributed by atoms with E-state index in [9.17, 15) is 9.59 Å². The first-order chi connectivity index (χ1) is 15.8. The van der Waals surface area contributed by atoms with Gasteiger partial charge >= 0.3 is 5.97 Å². The maximum absolute atomic E-state index is 12.2. The molecule has 0 saturated carbocycles. The van der Waals surface area contributed by atoms with Crippen molar-refractivity contribution < 1.29 is 19.4 Å². The zero-order valence-corrected chi connectivity index (χ0v) is 18.5. The Morgan fingerprint density at radius 3 is 2.50 bits per heavy atom. The lowest BCUT2D eigenvalue weighted by Crippen LogP contribution is -2.38. The van der Waals surface area contributed by atoms with Crippen molar-refractivity contribution in [3.8, 4) is 11.5 Å². The van der Waals surface area contributed by atoms with Gasteiger partial charge in [0.15, 0.2) is 0 Å². The number of carbonyl (C=O) groups excluding carboxylic acids is 1. The van der Waals surface area contributed by atoms with Crippen LogP contribution in [-0.4, -0.2) is 37.6 Å². The first kappa shape index (κ1) is 24.5. The minimum atomic E-state index is -1.13. The summed E-state index contributed by atoms with van der Waals surface area (Å²) in [6, 6.07) is 14.8. The number of carboxylic acids is 1. The molecule has 0 aliphatic rings.